The van der Waals surface area contributed by atoms with Crippen LogP contribution in [0.4, 0.5) is 17.2 Å². The van der Waals surface area contributed by atoms with Gasteiger partial charge in [0.1, 0.15) is 11.6 Å². The average Bonchev–Trinajstić information content (AvgIpc) is 2.84. The fourth-order valence-corrected chi connectivity index (χ4v) is 3.67. The van der Waals surface area contributed by atoms with Crippen molar-refractivity contribution in [2.45, 2.75) is 39.5 Å². The first-order chi connectivity index (χ1) is 16.1. The Balaban J connectivity index is 1.89. The summed E-state index contributed by atoms with van der Waals surface area (Å²) in [5, 5.41) is 10.8. The summed E-state index contributed by atoms with van der Waals surface area (Å²) in [7, 11) is 1.63. The van der Waals surface area contributed by atoms with Gasteiger partial charge in [0, 0.05) is 34.8 Å². The first-order valence-electron chi connectivity index (χ1n) is 11.4. The molecule has 1 atom stereocenters. The molecule has 33 heavy (non-hydrogen) atoms. The lowest BCUT2D eigenvalue weighted by molar-refractivity contribution is 0.260. The molecule has 0 amide bonds. The molecule has 174 valence electrons. The molecule has 1 heterocycles. The molecule has 0 radical (unpaired) electrons. The van der Waals surface area contributed by atoms with Crippen LogP contribution >= 0.6 is 0 Å². The fraction of sp³-hybridized carbons (Fsp3) is 0.346. The standard InChI is InChI=1S/C26H33N5O2/c1-4-7-18(5-2)12-13-33-25-16-24(29-21-10-11-23(28)20(14-21)17-27)30-26(31-25)19-8-6-9-22(15-19)32-3/h6,8-11,14-18,27H,4-5,7,12-13,28H2,1-3H3,(H,29,30,31). The molecule has 3 rings (SSSR count). The molecule has 0 bridgehead atoms. The van der Waals surface area contributed by atoms with E-state index in [0.29, 0.717) is 41.3 Å². The second kappa shape index (κ2) is 11.9. The number of nitrogens with two attached hydrogens (primary N) is 1. The SMILES string of the molecule is CCCC(CC)CCOc1cc(Nc2ccc(N)c(C=N)c2)nc(-c2cccc(OC)c2)n1. The quantitative estimate of drug-likeness (QED) is 0.230. The Bertz CT molecular complexity index is 1070. The molecule has 0 saturated carbocycles. The number of hydrogen-bond acceptors (Lipinski definition) is 7. The van der Waals surface area contributed by atoms with E-state index in [1.807, 2.05) is 36.4 Å². The lowest BCUT2D eigenvalue weighted by Crippen LogP contribution is -2.08. The molecule has 1 unspecified atom stereocenters. The van der Waals surface area contributed by atoms with Gasteiger partial charge in [0.05, 0.1) is 13.7 Å². The van der Waals surface area contributed by atoms with Crippen molar-refractivity contribution < 1.29 is 9.47 Å². The summed E-state index contributed by atoms with van der Waals surface area (Å²) >= 11 is 0. The average molecular weight is 448 g/mol. The maximum absolute atomic E-state index is 7.55. The number of nitrogens with zero attached hydrogens (tertiary/aromatic N) is 2. The Morgan fingerprint density at radius 3 is 2.67 bits per heavy atom. The summed E-state index contributed by atoms with van der Waals surface area (Å²) < 4.78 is 11.4. The van der Waals surface area contributed by atoms with E-state index in [4.69, 9.17) is 25.6 Å². The van der Waals surface area contributed by atoms with Crippen molar-refractivity contribution in [2.75, 3.05) is 24.8 Å². The Labute approximate surface area is 195 Å². The number of ether oxygens (including phenoxy) is 2. The zero-order valence-electron chi connectivity index (χ0n) is 19.6. The molecule has 2 aromatic carbocycles. The predicted octanol–water partition coefficient (Wildman–Crippen LogP) is 6.07. The molecule has 0 aliphatic heterocycles. The van der Waals surface area contributed by atoms with E-state index in [1.54, 1.807) is 19.2 Å². The number of methoxy groups -OCH3 is 1. The number of aromatic nitrogens is 2. The van der Waals surface area contributed by atoms with E-state index < -0.39 is 0 Å². The zero-order chi connectivity index (χ0) is 23.6. The summed E-state index contributed by atoms with van der Waals surface area (Å²) in [6.45, 7) is 5.04. The van der Waals surface area contributed by atoms with Crippen LogP contribution in [-0.2, 0) is 0 Å². The van der Waals surface area contributed by atoms with Crippen molar-refractivity contribution in [1.82, 2.24) is 9.97 Å². The van der Waals surface area contributed by atoms with Crippen LogP contribution in [0, 0.1) is 11.3 Å². The lowest BCUT2D eigenvalue weighted by Gasteiger charge is -2.15. The molecule has 0 spiro atoms. The molecular weight excluding hydrogens is 414 g/mol. The number of benzene rings is 2. The van der Waals surface area contributed by atoms with Crippen LogP contribution in [-0.4, -0.2) is 29.9 Å². The normalized spacial score (nSPS) is 11.6. The van der Waals surface area contributed by atoms with Gasteiger partial charge in [-0.15, -0.1) is 0 Å². The molecule has 0 fully saturated rings. The van der Waals surface area contributed by atoms with Gasteiger partial charge >= 0.3 is 0 Å². The van der Waals surface area contributed by atoms with Gasteiger partial charge in [-0.2, -0.15) is 4.98 Å². The molecule has 0 aliphatic carbocycles. The number of anilines is 3. The Morgan fingerprint density at radius 2 is 1.94 bits per heavy atom. The predicted molar refractivity (Wildman–Crippen MR) is 135 cm³/mol. The van der Waals surface area contributed by atoms with Gasteiger partial charge in [0.15, 0.2) is 5.82 Å². The van der Waals surface area contributed by atoms with Crippen molar-refractivity contribution in [1.29, 1.82) is 5.41 Å². The molecule has 7 nitrogen and oxygen atoms in total. The highest BCUT2D eigenvalue weighted by atomic mass is 16.5. The number of nitrogen functional groups attached to an aromatic ring is 1. The summed E-state index contributed by atoms with van der Waals surface area (Å²) in [4.78, 5) is 9.35. The third-order valence-electron chi connectivity index (χ3n) is 5.60. The van der Waals surface area contributed by atoms with E-state index in [-0.39, 0.29) is 0 Å². The van der Waals surface area contributed by atoms with E-state index in [1.165, 1.54) is 19.1 Å². The van der Waals surface area contributed by atoms with Crippen LogP contribution < -0.4 is 20.5 Å². The highest BCUT2D eigenvalue weighted by Gasteiger charge is 2.11. The van der Waals surface area contributed by atoms with Gasteiger partial charge in [-0.25, -0.2) is 4.98 Å². The maximum Gasteiger partial charge on any atom is 0.219 e. The minimum Gasteiger partial charge on any atom is -0.497 e. The van der Waals surface area contributed by atoms with Crippen molar-refractivity contribution in [3.8, 4) is 23.0 Å². The van der Waals surface area contributed by atoms with Crippen LogP contribution in [0.15, 0.2) is 48.5 Å². The smallest absolute Gasteiger partial charge is 0.219 e. The van der Waals surface area contributed by atoms with Gasteiger partial charge in [-0.1, -0.05) is 45.2 Å². The Hall–Kier alpha value is -3.61. The van der Waals surface area contributed by atoms with E-state index in [2.05, 4.69) is 24.1 Å². The van der Waals surface area contributed by atoms with Crippen molar-refractivity contribution >= 4 is 23.4 Å². The largest absolute Gasteiger partial charge is 0.497 e. The molecule has 0 aliphatic rings. The van der Waals surface area contributed by atoms with Gasteiger partial charge in [0.25, 0.3) is 0 Å². The molecule has 7 heteroatoms. The summed E-state index contributed by atoms with van der Waals surface area (Å²) in [6.07, 6.45) is 5.76. The molecule has 3 aromatic rings. The zero-order valence-corrected chi connectivity index (χ0v) is 19.6. The topological polar surface area (TPSA) is 106 Å². The first kappa shape index (κ1) is 24.0. The van der Waals surface area contributed by atoms with Crippen LogP contribution in [0.5, 0.6) is 11.6 Å². The Morgan fingerprint density at radius 1 is 1.09 bits per heavy atom. The van der Waals surface area contributed by atoms with Crippen LogP contribution in [0.25, 0.3) is 11.4 Å². The lowest BCUT2D eigenvalue weighted by atomic mass is 9.98. The second-order valence-corrected chi connectivity index (χ2v) is 7.96. The third kappa shape index (κ3) is 6.68. The molecular formula is C26H33N5O2. The fourth-order valence-electron chi connectivity index (χ4n) is 3.67. The number of rotatable bonds is 12. The van der Waals surface area contributed by atoms with Gasteiger partial charge in [-0.3, -0.25) is 0 Å². The minimum absolute atomic E-state index is 0.513. The van der Waals surface area contributed by atoms with E-state index in [9.17, 15) is 0 Å². The molecule has 4 N–H and O–H groups in total. The minimum atomic E-state index is 0.513. The van der Waals surface area contributed by atoms with Crippen LogP contribution in [0.3, 0.4) is 0 Å². The highest BCUT2D eigenvalue weighted by Crippen LogP contribution is 2.27. The molecule has 1 aromatic heterocycles. The number of nitrogens with one attached hydrogen (secondary N) is 2. The van der Waals surface area contributed by atoms with Gasteiger partial charge < -0.3 is 25.9 Å². The van der Waals surface area contributed by atoms with Crippen LogP contribution in [0.2, 0.25) is 0 Å². The third-order valence-corrected chi connectivity index (χ3v) is 5.60. The first-order valence-corrected chi connectivity index (χ1v) is 11.4. The van der Waals surface area contributed by atoms with Gasteiger partial charge in [0.2, 0.25) is 5.88 Å². The molecule has 0 saturated heterocycles. The second-order valence-electron chi connectivity index (χ2n) is 7.96. The maximum atomic E-state index is 7.55. The van der Waals surface area contributed by atoms with E-state index >= 15 is 0 Å². The van der Waals surface area contributed by atoms with Crippen molar-refractivity contribution in [3.63, 3.8) is 0 Å². The van der Waals surface area contributed by atoms with Crippen molar-refractivity contribution in [3.05, 3.63) is 54.1 Å². The van der Waals surface area contributed by atoms with Crippen LogP contribution in [0.1, 0.15) is 45.1 Å². The summed E-state index contributed by atoms with van der Waals surface area (Å²) in [6, 6.07) is 14.9. The number of hydrogen-bond donors (Lipinski definition) is 3. The Kier molecular flexibility index (Phi) is 8.63. The monoisotopic (exact) mass is 447 g/mol. The summed E-state index contributed by atoms with van der Waals surface area (Å²) in [5.74, 6) is 3.04. The van der Waals surface area contributed by atoms with Crippen molar-refractivity contribution in [2.24, 2.45) is 5.92 Å². The van der Waals surface area contributed by atoms with E-state index in [0.717, 1.165) is 29.8 Å². The highest BCUT2D eigenvalue weighted by molar-refractivity contribution is 5.87. The van der Waals surface area contributed by atoms with Gasteiger partial charge in [-0.05, 0) is 42.7 Å². The summed E-state index contributed by atoms with van der Waals surface area (Å²) in [5.41, 5.74) is 8.72.